The van der Waals surface area contributed by atoms with Crippen LogP contribution in [0.15, 0.2) is 48.5 Å². The molecule has 6 nitrogen and oxygen atoms in total. The van der Waals surface area contributed by atoms with Crippen LogP contribution in [0.3, 0.4) is 0 Å². The maximum atomic E-state index is 12.3. The van der Waals surface area contributed by atoms with Crippen molar-refractivity contribution in [1.82, 2.24) is 5.32 Å². The van der Waals surface area contributed by atoms with Gasteiger partial charge in [0.2, 0.25) is 0 Å². The van der Waals surface area contributed by atoms with E-state index in [0.29, 0.717) is 12.8 Å². The van der Waals surface area contributed by atoms with Crippen molar-refractivity contribution in [1.29, 1.82) is 0 Å². The SMILES string of the molecule is CCC(O)(CC)CC(NC(=O)OCC1c2ccccc2-c2ccccc21)C(=O)O. The molecule has 0 aliphatic heterocycles. The summed E-state index contributed by atoms with van der Waals surface area (Å²) in [6.07, 6.45) is -0.0624. The van der Waals surface area contributed by atoms with Gasteiger partial charge in [-0.15, -0.1) is 0 Å². The first-order valence-electron chi connectivity index (χ1n) is 9.95. The number of hydrogen-bond donors (Lipinski definition) is 3. The first kappa shape index (κ1) is 20.9. The van der Waals surface area contributed by atoms with Crippen LogP contribution in [0.25, 0.3) is 11.1 Å². The molecule has 154 valence electrons. The van der Waals surface area contributed by atoms with Gasteiger partial charge in [0.1, 0.15) is 12.6 Å². The summed E-state index contributed by atoms with van der Waals surface area (Å²) in [6, 6.07) is 14.8. The Hall–Kier alpha value is -2.86. The third-order valence-corrected chi connectivity index (χ3v) is 5.83. The predicted octanol–water partition coefficient (Wildman–Crippen LogP) is 3.92. The fraction of sp³-hybridized carbons (Fsp3) is 0.391. The number of alkyl carbamates (subject to hydrolysis) is 1. The second kappa shape index (κ2) is 8.66. The normalized spacial score (nSPS) is 14.0. The number of amides is 1. The molecule has 3 rings (SSSR count). The highest BCUT2D eigenvalue weighted by molar-refractivity contribution is 5.81. The molecule has 6 heteroatoms. The van der Waals surface area contributed by atoms with Crippen LogP contribution >= 0.6 is 0 Å². The van der Waals surface area contributed by atoms with Gasteiger partial charge in [0.15, 0.2) is 0 Å². The molecule has 1 aliphatic carbocycles. The number of carboxylic acids is 1. The quantitative estimate of drug-likeness (QED) is 0.627. The van der Waals surface area contributed by atoms with Crippen LogP contribution in [0.5, 0.6) is 0 Å². The number of ether oxygens (including phenoxy) is 1. The number of benzene rings is 2. The molecule has 2 aromatic rings. The molecule has 0 aromatic heterocycles. The molecule has 1 amide bonds. The summed E-state index contributed by atoms with van der Waals surface area (Å²) in [4.78, 5) is 23.9. The fourth-order valence-electron chi connectivity index (χ4n) is 3.90. The fourth-order valence-corrected chi connectivity index (χ4v) is 3.90. The number of aliphatic hydroxyl groups is 1. The van der Waals surface area contributed by atoms with Crippen molar-refractivity contribution in [3.63, 3.8) is 0 Å². The molecule has 0 fully saturated rings. The second-order valence-corrected chi connectivity index (χ2v) is 7.50. The standard InChI is InChI=1S/C23H27NO5/c1-3-23(28,4-2)13-20(21(25)26)24-22(27)29-14-19-17-11-7-5-9-15(17)16-10-6-8-12-18(16)19/h5-12,19-20,28H,3-4,13-14H2,1-2H3,(H,24,27)(H,25,26). The minimum atomic E-state index is -1.21. The third-order valence-electron chi connectivity index (χ3n) is 5.83. The summed E-state index contributed by atoms with van der Waals surface area (Å²) >= 11 is 0. The highest BCUT2D eigenvalue weighted by atomic mass is 16.5. The monoisotopic (exact) mass is 397 g/mol. The number of hydrogen-bond acceptors (Lipinski definition) is 4. The zero-order chi connectivity index (χ0) is 21.0. The van der Waals surface area contributed by atoms with Gasteiger partial charge < -0.3 is 20.3 Å². The minimum Gasteiger partial charge on any atom is -0.480 e. The summed E-state index contributed by atoms with van der Waals surface area (Å²) < 4.78 is 5.41. The average Bonchev–Trinajstić information content (AvgIpc) is 3.05. The summed E-state index contributed by atoms with van der Waals surface area (Å²) in [5, 5.41) is 22.3. The van der Waals surface area contributed by atoms with Crippen molar-refractivity contribution >= 4 is 12.1 Å². The molecule has 0 bridgehead atoms. The topological polar surface area (TPSA) is 95.9 Å². The van der Waals surface area contributed by atoms with Gasteiger partial charge in [0.25, 0.3) is 0 Å². The van der Waals surface area contributed by atoms with Crippen LogP contribution in [0.4, 0.5) is 4.79 Å². The zero-order valence-electron chi connectivity index (χ0n) is 16.7. The first-order chi connectivity index (χ1) is 13.9. The molecule has 3 N–H and O–H groups in total. The Kier molecular flexibility index (Phi) is 6.23. The highest BCUT2D eigenvalue weighted by Crippen LogP contribution is 2.44. The lowest BCUT2D eigenvalue weighted by Gasteiger charge is -2.28. The number of nitrogens with one attached hydrogen (secondary N) is 1. The Morgan fingerprint density at radius 2 is 1.55 bits per heavy atom. The smallest absolute Gasteiger partial charge is 0.407 e. The lowest BCUT2D eigenvalue weighted by atomic mass is 9.89. The van der Waals surface area contributed by atoms with Crippen molar-refractivity contribution in [2.24, 2.45) is 0 Å². The van der Waals surface area contributed by atoms with Crippen molar-refractivity contribution < 1.29 is 24.5 Å². The van der Waals surface area contributed by atoms with Gasteiger partial charge in [-0.3, -0.25) is 0 Å². The second-order valence-electron chi connectivity index (χ2n) is 7.50. The van der Waals surface area contributed by atoms with Gasteiger partial charge in [-0.05, 0) is 35.1 Å². The maximum Gasteiger partial charge on any atom is 0.407 e. The first-order valence-corrected chi connectivity index (χ1v) is 9.95. The van der Waals surface area contributed by atoms with Gasteiger partial charge in [-0.25, -0.2) is 9.59 Å². The number of aliphatic carboxylic acids is 1. The van der Waals surface area contributed by atoms with E-state index in [0.717, 1.165) is 22.3 Å². The lowest BCUT2D eigenvalue weighted by molar-refractivity contribution is -0.141. The van der Waals surface area contributed by atoms with Gasteiger partial charge in [-0.1, -0.05) is 62.4 Å². The number of carbonyl (C=O) groups is 2. The Balaban J connectivity index is 1.68. The number of fused-ring (bicyclic) bond motifs is 3. The molecule has 2 aromatic carbocycles. The Labute approximate surface area is 170 Å². The van der Waals surface area contributed by atoms with E-state index in [2.05, 4.69) is 5.32 Å². The Morgan fingerprint density at radius 3 is 2.03 bits per heavy atom. The van der Waals surface area contributed by atoms with Crippen LogP contribution in [0, 0.1) is 0 Å². The van der Waals surface area contributed by atoms with E-state index in [9.17, 15) is 19.8 Å². The van der Waals surface area contributed by atoms with Gasteiger partial charge in [0, 0.05) is 12.3 Å². The molecule has 1 aliphatic rings. The summed E-state index contributed by atoms with van der Waals surface area (Å²) in [5.74, 6) is -1.29. The molecular formula is C23H27NO5. The number of carbonyl (C=O) groups excluding carboxylic acids is 1. The molecule has 0 heterocycles. The molecule has 29 heavy (non-hydrogen) atoms. The Bertz CT molecular complexity index is 845. The molecule has 1 unspecified atom stereocenters. The summed E-state index contributed by atoms with van der Waals surface area (Å²) in [6.45, 7) is 3.68. The van der Waals surface area contributed by atoms with Crippen molar-refractivity contribution in [3.8, 4) is 11.1 Å². The molecular weight excluding hydrogens is 370 g/mol. The van der Waals surface area contributed by atoms with E-state index in [1.165, 1.54) is 0 Å². The van der Waals surface area contributed by atoms with Crippen molar-refractivity contribution in [2.75, 3.05) is 6.61 Å². The van der Waals surface area contributed by atoms with Gasteiger partial charge >= 0.3 is 12.1 Å². The molecule has 1 atom stereocenters. The lowest BCUT2D eigenvalue weighted by Crippen LogP contribution is -2.46. The average molecular weight is 397 g/mol. The van der Waals surface area contributed by atoms with E-state index in [1.54, 1.807) is 13.8 Å². The van der Waals surface area contributed by atoms with Crippen LogP contribution in [-0.2, 0) is 9.53 Å². The minimum absolute atomic E-state index is 0.0699. The van der Waals surface area contributed by atoms with Crippen molar-refractivity contribution in [3.05, 3.63) is 59.7 Å². The molecule has 0 radical (unpaired) electrons. The van der Waals surface area contributed by atoms with E-state index in [-0.39, 0.29) is 18.9 Å². The van der Waals surface area contributed by atoms with Gasteiger partial charge in [0.05, 0.1) is 5.60 Å². The largest absolute Gasteiger partial charge is 0.480 e. The van der Waals surface area contributed by atoms with Crippen molar-refractivity contribution in [2.45, 2.75) is 50.7 Å². The van der Waals surface area contributed by atoms with E-state index in [4.69, 9.17) is 4.74 Å². The number of carboxylic acid groups (broad SMARTS) is 1. The van der Waals surface area contributed by atoms with Crippen LogP contribution < -0.4 is 5.32 Å². The van der Waals surface area contributed by atoms with E-state index >= 15 is 0 Å². The predicted molar refractivity (Wildman–Crippen MR) is 110 cm³/mol. The number of rotatable bonds is 8. The molecule has 0 saturated heterocycles. The van der Waals surface area contributed by atoms with Crippen LogP contribution in [-0.4, -0.2) is 40.5 Å². The van der Waals surface area contributed by atoms with E-state index in [1.807, 2.05) is 48.5 Å². The van der Waals surface area contributed by atoms with Crippen LogP contribution in [0.1, 0.15) is 50.2 Å². The maximum absolute atomic E-state index is 12.3. The molecule has 0 spiro atoms. The summed E-state index contributed by atoms with van der Waals surface area (Å²) in [5.41, 5.74) is 3.28. The highest BCUT2D eigenvalue weighted by Gasteiger charge is 2.33. The van der Waals surface area contributed by atoms with Gasteiger partial charge in [-0.2, -0.15) is 0 Å². The Morgan fingerprint density at radius 1 is 1.03 bits per heavy atom. The third kappa shape index (κ3) is 4.43. The zero-order valence-corrected chi connectivity index (χ0v) is 16.7. The summed E-state index contributed by atoms with van der Waals surface area (Å²) in [7, 11) is 0. The molecule has 0 saturated carbocycles. The van der Waals surface area contributed by atoms with E-state index < -0.39 is 23.7 Å². The van der Waals surface area contributed by atoms with Crippen LogP contribution in [0.2, 0.25) is 0 Å².